The van der Waals surface area contributed by atoms with Crippen LogP contribution in [-0.2, 0) is 7.05 Å². The largest absolute Gasteiger partial charge is 0.304 e. The van der Waals surface area contributed by atoms with Gasteiger partial charge < -0.3 is 5.32 Å². The molecule has 0 aliphatic carbocycles. The minimum Gasteiger partial charge on any atom is -0.304 e. The van der Waals surface area contributed by atoms with Crippen LogP contribution in [0, 0.1) is 27.3 Å². The SMILES string of the molecule is Cn1cc(C#N)c(NC(=O)c2ccc([N+](=O)[O-])cc2F)n1. The minimum atomic E-state index is -1.03. The van der Waals surface area contributed by atoms with Crippen LogP contribution in [0.25, 0.3) is 0 Å². The van der Waals surface area contributed by atoms with Gasteiger partial charge in [-0.05, 0) is 6.07 Å². The monoisotopic (exact) mass is 289 g/mol. The number of aryl methyl sites for hydroxylation is 1. The molecule has 0 fully saturated rings. The second-order valence-corrected chi connectivity index (χ2v) is 4.05. The van der Waals surface area contributed by atoms with Gasteiger partial charge in [0.15, 0.2) is 5.82 Å². The number of nitro benzene ring substituents is 1. The highest BCUT2D eigenvalue weighted by Gasteiger charge is 2.18. The molecule has 1 aromatic heterocycles. The van der Waals surface area contributed by atoms with E-state index < -0.39 is 22.3 Å². The number of aromatic nitrogens is 2. The van der Waals surface area contributed by atoms with E-state index in [9.17, 15) is 19.3 Å². The summed E-state index contributed by atoms with van der Waals surface area (Å²) in [6.45, 7) is 0. The lowest BCUT2D eigenvalue weighted by molar-refractivity contribution is -0.385. The Balaban J connectivity index is 2.29. The predicted octanol–water partition coefficient (Wildman–Crippen LogP) is 1.59. The van der Waals surface area contributed by atoms with Gasteiger partial charge in [-0.25, -0.2) is 4.39 Å². The van der Waals surface area contributed by atoms with Gasteiger partial charge in [-0.2, -0.15) is 10.4 Å². The number of halogens is 1. The third kappa shape index (κ3) is 2.84. The Morgan fingerprint density at radius 1 is 1.57 bits per heavy atom. The van der Waals surface area contributed by atoms with Crippen LogP contribution in [0.4, 0.5) is 15.9 Å². The molecular formula is C12H8FN5O3. The number of benzene rings is 1. The van der Waals surface area contributed by atoms with Gasteiger partial charge in [0.1, 0.15) is 17.4 Å². The van der Waals surface area contributed by atoms with Crippen LogP contribution in [-0.4, -0.2) is 20.6 Å². The highest BCUT2D eigenvalue weighted by molar-refractivity contribution is 6.04. The van der Waals surface area contributed by atoms with Crippen LogP contribution in [0.5, 0.6) is 0 Å². The van der Waals surface area contributed by atoms with Crippen molar-refractivity contribution >= 4 is 17.4 Å². The van der Waals surface area contributed by atoms with Crippen LogP contribution in [0.15, 0.2) is 24.4 Å². The summed E-state index contributed by atoms with van der Waals surface area (Å²) in [5.41, 5.74) is -0.720. The minimum absolute atomic E-state index is 0.0113. The van der Waals surface area contributed by atoms with Crippen molar-refractivity contribution in [1.29, 1.82) is 5.26 Å². The van der Waals surface area contributed by atoms with Gasteiger partial charge in [0.25, 0.3) is 11.6 Å². The zero-order valence-electron chi connectivity index (χ0n) is 10.7. The molecule has 0 saturated heterocycles. The molecule has 106 valence electrons. The van der Waals surface area contributed by atoms with Crippen molar-refractivity contribution in [1.82, 2.24) is 9.78 Å². The van der Waals surface area contributed by atoms with Crippen LogP contribution in [0.1, 0.15) is 15.9 Å². The highest BCUT2D eigenvalue weighted by atomic mass is 19.1. The van der Waals surface area contributed by atoms with Crippen LogP contribution >= 0.6 is 0 Å². The summed E-state index contributed by atoms with van der Waals surface area (Å²) < 4.78 is 15.0. The summed E-state index contributed by atoms with van der Waals surface area (Å²) >= 11 is 0. The Bertz CT molecular complexity index is 778. The number of amides is 1. The second kappa shape index (κ2) is 5.38. The maximum absolute atomic E-state index is 13.7. The molecule has 0 aliphatic rings. The molecule has 0 unspecified atom stereocenters. The standard InChI is InChI=1S/C12H8FN5O3/c1-17-6-7(5-14)11(16-17)15-12(19)9-3-2-8(18(20)21)4-10(9)13/h2-4,6H,1H3,(H,15,16,19). The molecule has 1 aromatic carbocycles. The van der Waals surface area contributed by atoms with Gasteiger partial charge >= 0.3 is 0 Å². The Labute approximate surface area is 117 Å². The van der Waals surface area contributed by atoms with Crippen LogP contribution in [0.3, 0.4) is 0 Å². The number of hydrogen-bond donors (Lipinski definition) is 1. The zero-order valence-corrected chi connectivity index (χ0v) is 10.7. The smallest absolute Gasteiger partial charge is 0.272 e. The van der Waals surface area contributed by atoms with E-state index >= 15 is 0 Å². The predicted molar refractivity (Wildman–Crippen MR) is 68.9 cm³/mol. The molecule has 2 aromatic rings. The summed E-state index contributed by atoms with van der Waals surface area (Å²) in [6.07, 6.45) is 1.39. The van der Waals surface area contributed by atoms with Crippen molar-refractivity contribution in [3.63, 3.8) is 0 Å². The summed E-state index contributed by atoms with van der Waals surface area (Å²) in [5.74, 6) is -1.89. The van der Waals surface area contributed by atoms with E-state index in [4.69, 9.17) is 5.26 Å². The van der Waals surface area contributed by atoms with Crippen molar-refractivity contribution in [2.45, 2.75) is 0 Å². The summed E-state index contributed by atoms with van der Waals surface area (Å²) in [4.78, 5) is 21.6. The molecule has 0 aliphatic heterocycles. The van der Waals surface area contributed by atoms with Gasteiger partial charge in [0.05, 0.1) is 16.6 Å². The molecule has 0 radical (unpaired) electrons. The maximum Gasteiger partial charge on any atom is 0.272 e. The van der Waals surface area contributed by atoms with E-state index in [0.29, 0.717) is 6.07 Å². The number of nitrogens with zero attached hydrogens (tertiary/aromatic N) is 4. The van der Waals surface area contributed by atoms with Crippen molar-refractivity contribution in [2.75, 3.05) is 5.32 Å². The van der Waals surface area contributed by atoms with Crippen molar-refractivity contribution in [3.8, 4) is 6.07 Å². The first-order valence-electron chi connectivity index (χ1n) is 5.61. The quantitative estimate of drug-likeness (QED) is 0.680. The van der Waals surface area contributed by atoms with E-state index in [1.807, 2.05) is 6.07 Å². The first-order chi connectivity index (χ1) is 9.92. The number of hydrogen-bond acceptors (Lipinski definition) is 5. The van der Waals surface area contributed by atoms with Gasteiger partial charge in [0, 0.05) is 19.3 Å². The lowest BCUT2D eigenvalue weighted by atomic mass is 10.2. The summed E-state index contributed by atoms with van der Waals surface area (Å²) in [5, 5.41) is 25.5. The highest BCUT2D eigenvalue weighted by Crippen LogP contribution is 2.18. The normalized spacial score (nSPS) is 9.95. The fraction of sp³-hybridized carbons (Fsp3) is 0.0833. The molecule has 21 heavy (non-hydrogen) atoms. The number of nitro groups is 1. The van der Waals surface area contributed by atoms with E-state index in [1.165, 1.54) is 10.9 Å². The van der Waals surface area contributed by atoms with Crippen LogP contribution < -0.4 is 5.32 Å². The van der Waals surface area contributed by atoms with E-state index in [-0.39, 0.29) is 16.9 Å². The number of nitriles is 1. The summed E-state index contributed by atoms with van der Waals surface area (Å²) in [7, 11) is 1.56. The second-order valence-electron chi connectivity index (χ2n) is 4.05. The molecule has 1 heterocycles. The fourth-order valence-electron chi connectivity index (χ4n) is 1.64. The number of rotatable bonds is 3. The molecule has 8 nitrogen and oxygen atoms in total. The Morgan fingerprint density at radius 3 is 2.86 bits per heavy atom. The van der Waals surface area contributed by atoms with Gasteiger partial charge in [-0.15, -0.1) is 0 Å². The van der Waals surface area contributed by atoms with E-state index in [2.05, 4.69) is 10.4 Å². The van der Waals surface area contributed by atoms with Gasteiger partial charge in [0.2, 0.25) is 0 Å². The molecule has 0 saturated carbocycles. The maximum atomic E-state index is 13.7. The Morgan fingerprint density at radius 2 is 2.29 bits per heavy atom. The van der Waals surface area contributed by atoms with E-state index in [0.717, 1.165) is 12.1 Å². The number of nitrogens with one attached hydrogen (secondary N) is 1. The molecule has 2 rings (SSSR count). The van der Waals surface area contributed by atoms with Crippen molar-refractivity contribution in [2.24, 2.45) is 7.05 Å². The van der Waals surface area contributed by atoms with Crippen LogP contribution in [0.2, 0.25) is 0 Å². The molecule has 0 bridgehead atoms. The average Bonchev–Trinajstić information content (AvgIpc) is 2.78. The topological polar surface area (TPSA) is 114 Å². The first-order valence-corrected chi connectivity index (χ1v) is 5.61. The van der Waals surface area contributed by atoms with Gasteiger partial charge in [-0.1, -0.05) is 0 Å². The molecule has 1 amide bonds. The Hall–Kier alpha value is -3.28. The number of non-ortho nitro benzene ring substituents is 1. The molecule has 0 atom stereocenters. The summed E-state index contributed by atoms with van der Waals surface area (Å²) in [6, 6.07) is 4.50. The molecule has 0 spiro atoms. The first kappa shape index (κ1) is 14.1. The fourth-order valence-corrected chi connectivity index (χ4v) is 1.64. The lowest BCUT2D eigenvalue weighted by Gasteiger charge is -2.03. The van der Waals surface area contributed by atoms with E-state index in [1.54, 1.807) is 7.05 Å². The zero-order chi connectivity index (χ0) is 15.6. The average molecular weight is 289 g/mol. The number of carbonyl (C=O) groups is 1. The molecule has 1 N–H and O–H groups in total. The third-order valence-electron chi connectivity index (χ3n) is 2.59. The van der Waals surface area contributed by atoms with Crippen molar-refractivity contribution < 1.29 is 14.1 Å². The number of anilines is 1. The Kier molecular flexibility index (Phi) is 3.62. The number of carbonyl (C=O) groups excluding carboxylic acids is 1. The lowest BCUT2D eigenvalue weighted by Crippen LogP contribution is -2.15. The van der Waals surface area contributed by atoms with Crippen molar-refractivity contribution in [3.05, 3.63) is 51.5 Å². The molecular weight excluding hydrogens is 281 g/mol. The van der Waals surface area contributed by atoms with Gasteiger partial charge in [-0.3, -0.25) is 19.6 Å². The molecule has 9 heteroatoms. The third-order valence-corrected chi connectivity index (χ3v) is 2.59.